The molecule has 168 valence electrons. The molecule has 1 heterocycles. The van der Waals surface area contributed by atoms with Crippen LogP contribution in [0.4, 0.5) is 0 Å². The highest BCUT2D eigenvalue weighted by Gasteiger charge is 2.33. The van der Waals surface area contributed by atoms with Crippen molar-refractivity contribution in [3.05, 3.63) is 54.1 Å². The van der Waals surface area contributed by atoms with Crippen molar-refractivity contribution in [2.24, 2.45) is 5.92 Å². The molecule has 0 bridgehead atoms. The van der Waals surface area contributed by atoms with Gasteiger partial charge in [-0.25, -0.2) is 8.42 Å². The molecule has 31 heavy (non-hydrogen) atoms. The van der Waals surface area contributed by atoms with Gasteiger partial charge >= 0.3 is 0 Å². The maximum atomic E-state index is 12.9. The van der Waals surface area contributed by atoms with Crippen LogP contribution in [0.15, 0.2) is 53.4 Å². The average Bonchev–Trinajstić information content (AvgIpc) is 2.78. The van der Waals surface area contributed by atoms with Crippen LogP contribution in [0.25, 0.3) is 0 Å². The number of nitrogens with zero attached hydrogens (tertiary/aromatic N) is 1. The molecule has 0 spiro atoms. The molecule has 0 saturated carbocycles. The third-order valence-electron chi connectivity index (χ3n) is 5.19. The summed E-state index contributed by atoms with van der Waals surface area (Å²) in [4.78, 5) is 13.0. The highest BCUT2D eigenvalue weighted by atomic mass is 32.2. The summed E-state index contributed by atoms with van der Waals surface area (Å²) in [5.41, 5.74) is 0.880. The Kier molecular flexibility index (Phi) is 7.56. The number of ether oxygens (including phenoxy) is 2. The van der Waals surface area contributed by atoms with E-state index in [0.717, 1.165) is 5.56 Å². The lowest BCUT2D eigenvalue weighted by Crippen LogP contribution is -2.45. The van der Waals surface area contributed by atoms with Crippen molar-refractivity contribution >= 4 is 15.9 Å². The van der Waals surface area contributed by atoms with Gasteiger partial charge in [0.2, 0.25) is 15.9 Å². The minimum Gasteiger partial charge on any atom is -0.493 e. The lowest BCUT2D eigenvalue weighted by Gasteiger charge is -2.31. The molecule has 1 fully saturated rings. The van der Waals surface area contributed by atoms with Gasteiger partial charge in [-0.2, -0.15) is 4.31 Å². The van der Waals surface area contributed by atoms with Crippen molar-refractivity contribution in [3.63, 3.8) is 0 Å². The van der Waals surface area contributed by atoms with Gasteiger partial charge in [0.05, 0.1) is 24.0 Å². The molecule has 2 aromatic carbocycles. The fourth-order valence-electron chi connectivity index (χ4n) is 3.62. The van der Waals surface area contributed by atoms with Crippen molar-refractivity contribution in [3.8, 4) is 11.5 Å². The Morgan fingerprint density at radius 3 is 2.58 bits per heavy atom. The summed E-state index contributed by atoms with van der Waals surface area (Å²) < 4.78 is 38.3. The number of hydrogen-bond donors (Lipinski definition) is 1. The van der Waals surface area contributed by atoms with Gasteiger partial charge in [-0.05, 0) is 56.5 Å². The van der Waals surface area contributed by atoms with E-state index in [1.54, 1.807) is 37.4 Å². The zero-order valence-electron chi connectivity index (χ0n) is 18.2. The van der Waals surface area contributed by atoms with E-state index in [-0.39, 0.29) is 29.4 Å². The Morgan fingerprint density at radius 1 is 1.16 bits per heavy atom. The predicted molar refractivity (Wildman–Crippen MR) is 119 cm³/mol. The molecule has 0 aliphatic carbocycles. The fourth-order valence-corrected chi connectivity index (χ4v) is 5.17. The minimum atomic E-state index is -3.60. The molecule has 1 aliphatic heterocycles. The lowest BCUT2D eigenvalue weighted by atomic mass is 9.98. The molecular formula is C23H30N2O5S. The maximum Gasteiger partial charge on any atom is 0.243 e. The first kappa shape index (κ1) is 23.1. The van der Waals surface area contributed by atoms with Crippen LogP contribution in [0.2, 0.25) is 0 Å². The van der Waals surface area contributed by atoms with Crippen LogP contribution in [0.5, 0.6) is 11.5 Å². The number of nitrogens with one attached hydrogen (secondary N) is 1. The summed E-state index contributed by atoms with van der Waals surface area (Å²) in [5.74, 6) is 0.743. The number of methoxy groups -OCH3 is 1. The van der Waals surface area contributed by atoms with Crippen LogP contribution in [-0.4, -0.2) is 44.9 Å². The normalized spacial score (nSPS) is 17.4. The molecule has 7 nitrogen and oxygen atoms in total. The summed E-state index contributed by atoms with van der Waals surface area (Å²) in [7, 11) is -2.02. The van der Waals surface area contributed by atoms with Gasteiger partial charge in [0, 0.05) is 19.6 Å². The van der Waals surface area contributed by atoms with Crippen LogP contribution in [0, 0.1) is 5.92 Å². The predicted octanol–water partition coefficient (Wildman–Crippen LogP) is 3.20. The Labute approximate surface area is 184 Å². The average molecular weight is 447 g/mol. The molecular weight excluding hydrogens is 416 g/mol. The smallest absolute Gasteiger partial charge is 0.243 e. The first-order valence-electron chi connectivity index (χ1n) is 10.5. The summed E-state index contributed by atoms with van der Waals surface area (Å²) in [5, 5.41) is 2.94. The Morgan fingerprint density at radius 2 is 1.90 bits per heavy atom. The Hall–Kier alpha value is -2.58. The van der Waals surface area contributed by atoms with Crippen molar-refractivity contribution in [1.82, 2.24) is 9.62 Å². The molecule has 0 unspecified atom stereocenters. The monoisotopic (exact) mass is 446 g/mol. The highest BCUT2D eigenvalue weighted by Crippen LogP contribution is 2.29. The number of amides is 1. The minimum absolute atomic E-state index is 0.0286. The third kappa shape index (κ3) is 5.77. The molecule has 2 aromatic rings. The lowest BCUT2D eigenvalue weighted by molar-refractivity contribution is -0.126. The van der Waals surface area contributed by atoms with Crippen LogP contribution >= 0.6 is 0 Å². The van der Waals surface area contributed by atoms with E-state index in [2.05, 4.69) is 5.32 Å². The van der Waals surface area contributed by atoms with E-state index in [0.29, 0.717) is 37.4 Å². The topological polar surface area (TPSA) is 84.9 Å². The molecule has 1 saturated heterocycles. The highest BCUT2D eigenvalue weighted by molar-refractivity contribution is 7.89. The van der Waals surface area contributed by atoms with E-state index in [1.807, 2.05) is 32.0 Å². The number of piperidine rings is 1. The Bertz CT molecular complexity index is 992. The molecule has 1 N–H and O–H groups in total. The first-order valence-corrected chi connectivity index (χ1v) is 11.9. The third-order valence-corrected chi connectivity index (χ3v) is 7.07. The van der Waals surface area contributed by atoms with Crippen LogP contribution < -0.4 is 14.8 Å². The van der Waals surface area contributed by atoms with Gasteiger partial charge in [-0.3, -0.25) is 4.79 Å². The second-order valence-electron chi connectivity index (χ2n) is 7.88. The van der Waals surface area contributed by atoms with Gasteiger partial charge in [0.1, 0.15) is 0 Å². The summed E-state index contributed by atoms with van der Waals surface area (Å²) in [6, 6.07) is 13.9. The zero-order valence-corrected chi connectivity index (χ0v) is 19.0. The molecule has 0 radical (unpaired) electrons. The van der Waals surface area contributed by atoms with E-state index in [9.17, 15) is 13.2 Å². The second kappa shape index (κ2) is 10.2. The zero-order chi connectivity index (χ0) is 22.4. The number of carbonyl (C=O) groups excluding carboxylic acids is 1. The van der Waals surface area contributed by atoms with E-state index >= 15 is 0 Å². The van der Waals surface area contributed by atoms with Gasteiger partial charge in [-0.1, -0.05) is 24.3 Å². The quantitative estimate of drug-likeness (QED) is 0.673. The summed E-state index contributed by atoms with van der Waals surface area (Å²) in [6.45, 7) is 4.83. The van der Waals surface area contributed by atoms with E-state index in [1.165, 1.54) is 4.31 Å². The number of benzene rings is 2. The molecule has 1 aliphatic rings. The second-order valence-corrected chi connectivity index (χ2v) is 9.82. The molecule has 3 rings (SSSR count). The van der Waals surface area contributed by atoms with Crippen LogP contribution in [-0.2, 0) is 21.4 Å². The van der Waals surface area contributed by atoms with Crippen LogP contribution in [0.1, 0.15) is 32.3 Å². The van der Waals surface area contributed by atoms with E-state index < -0.39 is 10.0 Å². The molecule has 1 amide bonds. The van der Waals surface area contributed by atoms with Gasteiger partial charge < -0.3 is 14.8 Å². The number of rotatable bonds is 8. The fraction of sp³-hybridized carbons (Fsp3) is 0.435. The number of hydrogen-bond acceptors (Lipinski definition) is 5. The Balaban J connectivity index is 1.62. The summed E-state index contributed by atoms with van der Waals surface area (Å²) >= 11 is 0. The molecule has 8 heteroatoms. The molecule has 1 atom stereocenters. The summed E-state index contributed by atoms with van der Waals surface area (Å²) in [6.07, 6.45) is 1.34. The molecule has 0 aromatic heterocycles. The largest absolute Gasteiger partial charge is 0.493 e. The van der Waals surface area contributed by atoms with Crippen molar-refractivity contribution in [2.45, 2.75) is 44.2 Å². The maximum absolute atomic E-state index is 12.9. The first-order chi connectivity index (χ1) is 14.8. The standard InChI is InChI=1S/C23H30N2O5S/c1-17(2)30-21-12-11-18(14-22(21)29-3)15-24-23(26)19-8-7-13-25(16-19)31(27,28)20-9-5-4-6-10-20/h4-6,9-12,14,17,19H,7-8,13,15-16H2,1-3H3,(H,24,26)/t19-/m0/s1. The van der Waals surface area contributed by atoms with Crippen molar-refractivity contribution in [1.29, 1.82) is 0 Å². The van der Waals surface area contributed by atoms with Gasteiger partial charge in [0.15, 0.2) is 11.5 Å². The van der Waals surface area contributed by atoms with Crippen LogP contribution in [0.3, 0.4) is 0 Å². The van der Waals surface area contributed by atoms with E-state index in [4.69, 9.17) is 9.47 Å². The number of sulfonamides is 1. The van der Waals surface area contributed by atoms with Gasteiger partial charge in [0.25, 0.3) is 0 Å². The SMILES string of the molecule is COc1cc(CNC(=O)[C@H]2CCCN(S(=O)(=O)c3ccccc3)C2)ccc1OC(C)C. The van der Waals surface area contributed by atoms with Crippen molar-refractivity contribution in [2.75, 3.05) is 20.2 Å². The van der Waals surface area contributed by atoms with Crippen molar-refractivity contribution < 1.29 is 22.7 Å². The number of carbonyl (C=O) groups is 1. The van der Waals surface area contributed by atoms with Gasteiger partial charge in [-0.15, -0.1) is 0 Å².